The highest BCUT2D eigenvalue weighted by atomic mass is 16.2. The first kappa shape index (κ1) is 20.1. The average molecular weight is 403 g/mol. The second-order valence-corrected chi connectivity index (χ2v) is 7.93. The quantitative estimate of drug-likeness (QED) is 0.500. The monoisotopic (exact) mass is 403 g/mol. The molecule has 1 fully saturated rings. The van der Waals surface area contributed by atoms with E-state index in [0.717, 1.165) is 47.1 Å². The van der Waals surface area contributed by atoms with Crippen molar-refractivity contribution in [2.75, 3.05) is 32.1 Å². The Labute approximate surface area is 176 Å². The van der Waals surface area contributed by atoms with Crippen LogP contribution in [0.25, 0.3) is 22.2 Å². The average Bonchev–Trinajstić information content (AvgIpc) is 3.22. The van der Waals surface area contributed by atoms with Crippen molar-refractivity contribution in [3.05, 3.63) is 37.2 Å². The number of carbonyl (C=O) groups excluding carboxylic acids is 2. The van der Waals surface area contributed by atoms with Crippen LogP contribution in [0.5, 0.6) is 0 Å². The van der Waals surface area contributed by atoms with Crippen LogP contribution in [0.15, 0.2) is 37.2 Å². The van der Waals surface area contributed by atoms with E-state index in [1.54, 1.807) is 44.9 Å². The van der Waals surface area contributed by atoms with Gasteiger partial charge in [0, 0.05) is 79.6 Å². The molecule has 0 aliphatic carbocycles. The number of H-pyrrole nitrogens is 1. The van der Waals surface area contributed by atoms with E-state index in [4.69, 9.17) is 0 Å². The summed E-state index contributed by atoms with van der Waals surface area (Å²) in [5.74, 6) is 0.0869. The highest BCUT2D eigenvalue weighted by molar-refractivity contribution is 6.67. The van der Waals surface area contributed by atoms with Crippen LogP contribution in [-0.2, 0) is 9.59 Å². The third kappa shape index (κ3) is 3.55. The lowest BCUT2D eigenvalue weighted by Crippen LogP contribution is -2.49. The van der Waals surface area contributed by atoms with Gasteiger partial charge in [-0.2, -0.15) is 0 Å². The molecule has 8 nitrogen and oxygen atoms in total. The molecule has 0 aromatic carbocycles. The van der Waals surface area contributed by atoms with Gasteiger partial charge in [0.1, 0.15) is 12.0 Å². The highest BCUT2D eigenvalue weighted by Crippen LogP contribution is 2.41. The van der Waals surface area contributed by atoms with E-state index in [1.165, 1.54) is 6.33 Å². The molecule has 0 saturated carbocycles. The van der Waals surface area contributed by atoms with E-state index < -0.39 is 5.41 Å². The van der Waals surface area contributed by atoms with Crippen LogP contribution in [0.2, 0.25) is 6.32 Å². The fourth-order valence-corrected chi connectivity index (χ4v) is 4.40. The molecule has 9 heteroatoms. The molecule has 0 bridgehead atoms. The van der Waals surface area contributed by atoms with Gasteiger partial charge in [0.2, 0.25) is 5.91 Å². The van der Waals surface area contributed by atoms with E-state index in [2.05, 4.69) is 24.8 Å². The van der Waals surface area contributed by atoms with Gasteiger partial charge in [0.15, 0.2) is 7.28 Å². The molecule has 3 aromatic rings. The first-order valence-electron chi connectivity index (χ1n) is 10.0. The first-order valence-corrected chi connectivity index (χ1v) is 10.0. The largest absolute Gasteiger partial charge is 0.371 e. The molecule has 3 aromatic heterocycles. The fraction of sp³-hybridized carbons (Fsp3) is 0.381. The minimum Gasteiger partial charge on any atom is -0.371 e. The predicted octanol–water partition coefficient (Wildman–Crippen LogP) is 2.01. The molecule has 4 heterocycles. The number of pyridine rings is 1. The molecule has 1 saturated heterocycles. The van der Waals surface area contributed by atoms with Gasteiger partial charge in [-0.05, 0) is 18.9 Å². The standard InChI is InChI=1S/C21H24BN6O2/c1-27(2)20(30)21(12-22-13-29)4-7-28(8-5-21)17-3-6-25-19-18(17)16(11-26-19)15-9-23-14-24-10-15/h3,6,9-11,13-14H,4-5,7-8,12H2,1-2H3,(H,25,26). The lowest BCUT2D eigenvalue weighted by atomic mass is 9.60. The molecule has 153 valence electrons. The molecule has 1 aliphatic rings. The van der Waals surface area contributed by atoms with Gasteiger partial charge in [0.05, 0.1) is 6.19 Å². The van der Waals surface area contributed by atoms with Gasteiger partial charge in [-0.25, -0.2) is 15.0 Å². The Morgan fingerprint density at radius 3 is 2.70 bits per heavy atom. The van der Waals surface area contributed by atoms with Crippen molar-refractivity contribution >= 4 is 36.1 Å². The number of amides is 1. The van der Waals surface area contributed by atoms with Gasteiger partial charge in [0.25, 0.3) is 0 Å². The maximum absolute atomic E-state index is 12.9. The van der Waals surface area contributed by atoms with Crippen LogP contribution in [0.4, 0.5) is 5.69 Å². The molecular weight excluding hydrogens is 379 g/mol. The van der Waals surface area contributed by atoms with Gasteiger partial charge in [-0.15, -0.1) is 0 Å². The second-order valence-electron chi connectivity index (χ2n) is 7.93. The number of anilines is 1. The molecule has 0 atom stereocenters. The molecule has 0 unspecified atom stereocenters. The van der Waals surface area contributed by atoms with Crippen LogP contribution in [-0.4, -0.2) is 71.4 Å². The summed E-state index contributed by atoms with van der Waals surface area (Å²) >= 11 is 0. The Balaban J connectivity index is 1.66. The number of piperidine rings is 1. The summed E-state index contributed by atoms with van der Waals surface area (Å²) < 4.78 is 0. The molecule has 0 spiro atoms. The number of aromatic amines is 1. The van der Waals surface area contributed by atoms with Gasteiger partial charge >= 0.3 is 0 Å². The van der Waals surface area contributed by atoms with E-state index in [0.29, 0.717) is 19.2 Å². The summed E-state index contributed by atoms with van der Waals surface area (Å²) in [6, 6.07) is 2.02. The molecule has 1 radical (unpaired) electrons. The summed E-state index contributed by atoms with van der Waals surface area (Å²) in [6.07, 6.45) is 11.5. The second kappa shape index (κ2) is 8.26. The van der Waals surface area contributed by atoms with Crippen molar-refractivity contribution in [1.82, 2.24) is 24.8 Å². The van der Waals surface area contributed by atoms with Crippen LogP contribution >= 0.6 is 0 Å². The minimum atomic E-state index is -0.526. The number of aromatic nitrogens is 4. The minimum absolute atomic E-state index is 0.0869. The van der Waals surface area contributed by atoms with Crippen molar-refractivity contribution in [1.29, 1.82) is 0 Å². The summed E-state index contributed by atoms with van der Waals surface area (Å²) in [6.45, 7) is 1.45. The number of carbonyl (C=O) groups is 2. The summed E-state index contributed by atoms with van der Waals surface area (Å²) in [7, 11) is 5.12. The third-order valence-electron chi connectivity index (χ3n) is 5.95. The van der Waals surface area contributed by atoms with Crippen molar-refractivity contribution < 1.29 is 9.59 Å². The number of fused-ring (bicyclic) bond motifs is 1. The van der Waals surface area contributed by atoms with E-state index >= 15 is 0 Å². The summed E-state index contributed by atoms with van der Waals surface area (Å²) in [5.41, 5.74) is 3.28. The van der Waals surface area contributed by atoms with E-state index in [-0.39, 0.29) is 5.91 Å². The summed E-state index contributed by atoms with van der Waals surface area (Å²) in [5, 5.41) is 1.03. The number of rotatable bonds is 6. The van der Waals surface area contributed by atoms with Crippen molar-refractivity contribution in [2.45, 2.75) is 19.2 Å². The van der Waals surface area contributed by atoms with Crippen LogP contribution in [0.3, 0.4) is 0 Å². The maximum Gasteiger partial charge on any atom is 0.227 e. The zero-order chi connectivity index (χ0) is 21.1. The normalized spacial score (nSPS) is 15.7. The lowest BCUT2D eigenvalue weighted by molar-refractivity contribution is -0.139. The molecule has 1 amide bonds. The third-order valence-corrected chi connectivity index (χ3v) is 5.95. The van der Waals surface area contributed by atoms with Crippen LogP contribution in [0.1, 0.15) is 12.8 Å². The number of nitrogens with zero attached hydrogens (tertiary/aromatic N) is 5. The van der Waals surface area contributed by atoms with E-state index in [9.17, 15) is 9.59 Å². The van der Waals surface area contributed by atoms with Crippen molar-refractivity contribution in [3.63, 3.8) is 0 Å². The Bertz CT molecular complexity index is 1040. The highest BCUT2D eigenvalue weighted by Gasteiger charge is 2.42. The van der Waals surface area contributed by atoms with Gasteiger partial charge in [-0.1, -0.05) is 6.32 Å². The van der Waals surface area contributed by atoms with Crippen molar-refractivity contribution in [3.8, 4) is 11.1 Å². The topological polar surface area (TPSA) is 95.1 Å². The molecular formula is C21H24BN6O2. The Morgan fingerprint density at radius 1 is 1.30 bits per heavy atom. The molecule has 30 heavy (non-hydrogen) atoms. The molecule has 4 rings (SSSR count). The van der Waals surface area contributed by atoms with Crippen molar-refractivity contribution in [2.24, 2.45) is 5.41 Å². The number of hydrogen-bond acceptors (Lipinski definition) is 6. The Hall–Kier alpha value is -3.23. The zero-order valence-electron chi connectivity index (χ0n) is 17.2. The smallest absolute Gasteiger partial charge is 0.227 e. The maximum atomic E-state index is 12.9. The Morgan fingerprint density at radius 2 is 2.03 bits per heavy atom. The molecule has 1 aliphatic heterocycles. The van der Waals surface area contributed by atoms with Crippen LogP contribution < -0.4 is 4.90 Å². The predicted molar refractivity (Wildman–Crippen MR) is 117 cm³/mol. The zero-order valence-corrected chi connectivity index (χ0v) is 17.2. The van der Waals surface area contributed by atoms with Crippen LogP contribution in [0, 0.1) is 5.41 Å². The Kier molecular flexibility index (Phi) is 5.52. The van der Waals surface area contributed by atoms with E-state index in [1.807, 2.05) is 12.3 Å². The SMILES string of the molecule is CN(C)C(=O)C1(C[B]C=O)CCN(c2ccnc3[nH]cc(-c4cncnc4)c23)CC1. The van der Waals surface area contributed by atoms with Gasteiger partial charge < -0.3 is 19.6 Å². The lowest BCUT2D eigenvalue weighted by Gasteiger charge is -2.43. The molecule has 1 N–H and O–H groups in total. The fourth-order valence-electron chi connectivity index (χ4n) is 4.40. The number of nitrogens with one attached hydrogen (secondary N) is 1. The number of hydrogen-bond donors (Lipinski definition) is 1. The first-order chi connectivity index (χ1) is 14.6. The van der Waals surface area contributed by atoms with Gasteiger partial charge in [-0.3, -0.25) is 4.79 Å². The summed E-state index contributed by atoms with van der Waals surface area (Å²) in [4.78, 5) is 43.8.